The number of likely N-dealkylation sites (tertiary alicyclic amines) is 1. The molecule has 0 bridgehead atoms. The lowest BCUT2D eigenvalue weighted by Gasteiger charge is -2.33. The Labute approximate surface area is 156 Å². The van der Waals surface area contributed by atoms with E-state index >= 15 is 0 Å². The van der Waals surface area contributed by atoms with Gasteiger partial charge in [0.05, 0.1) is 12.5 Å². The molecule has 1 aromatic carbocycles. The predicted molar refractivity (Wildman–Crippen MR) is 104 cm³/mol. The summed E-state index contributed by atoms with van der Waals surface area (Å²) in [4.78, 5) is 29.4. The number of benzene rings is 1. The molecular formula is C21H29N3O2. The number of likely N-dealkylation sites (N-methyl/N-ethyl adjacent to an activating group) is 1. The molecule has 1 aromatic rings. The molecule has 140 valence electrons. The van der Waals surface area contributed by atoms with Gasteiger partial charge in [0.25, 0.3) is 0 Å². The smallest absolute Gasteiger partial charge is 0.240 e. The maximum atomic E-state index is 12.7. The van der Waals surface area contributed by atoms with E-state index in [1.165, 1.54) is 5.70 Å². The number of nitrogens with zero attached hydrogens (tertiary/aromatic N) is 2. The number of hydrogen-bond donors (Lipinski definition) is 1. The van der Waals surface area contributed by atoms with Crippen LogP contribution >= 0.6 is 0 Å². The second kappa shape index (κ2) is 8.99. The molecule has 1 aliphatic heterocycles. The molecule has 1 N–H and O–H groups in total. The Kier molecular flexibility index (Phi) is 6.45. The number of carbonyl (C=O) groups is 2. The highest BCUT2D eigenvalue weighted by Gasteiger charge is 2.28. The molecule has 0 saturated carbocycles. The molecule has 0 spiro atoms. The van der Waals surface area contributed by atoms with Gasteiger partial charge in [-0.3, -0.25) is 14.5 Å². The summed E-state index contributed by atoms with van der Waals surface area (Å²) in [5, 5.41) is 2.99. The molecule has 2 aliphatic rings. The van der Waals surface area contributed by atoms with Crippen molar-refractivity contribution in [3.63, 3.8) is 0 Å². The van der Waals surface area contributed by atoms with Crippen molar-refractivity contribution in [2.75, 3.05) is 31.5 Å². The highest BCUT2D eigenvalue weighted by Crippen LogP contribution is 2.23. The van der Waals surface area contributed by atoms with Crippen LogP contribution in [-0.2, 0) is 9.59 Å². The molecule has 0 radical (unpaired) electrons. The highest BCUT2D eigenvalue weighted by molar-refractivity contribution is 5.92. The van der Waals surface area contributed by atoms with Crippen molar-refractivity contribution in [3.8, 4) is 0 Å². The van der Waals surface area contributed by atoms with Gasteiger partial charge in [-0.15, -0.1) is 0 Å². The minimum absolute atomic E-state index is 0.0548. The highest BCUT2D eigenvalue weighted by atomic mass is 16.2. The summed E-state index contributed by atoms with van der Waals surface area (Å²) in [5.41, 5.74) is 2.00. The number of amides is 2. The van der Waals surface area contributed by atoms with Crippen molar-refractivity contribution >= 4 is 17.5 Å². The maximum Gasteiger partial charge on any atom is 0.240 e. The molecular weight excluding hydrogens is 326 g/mol. The summed E-state index contributed by atoms with van der Waals surface area (Å²) in [6, 6.07) is 9.56. The Morgan fingerprint density at radius 3 is 2.73 bits per heavy atom. The molecule has 3 rings (SSSR count). The van der Waals surface area contributed by atoms with Crippen LogP contribution in [0.3, 0.4) is 0 Å². The van der Waals surface area contributed by atoms with Crippen LogP contribution in [0.25, 0.3) is 0 Å². The number of piperidine rings is 1. The van der Waals surface area contributed by atoms with Crippen LogP contribution in [0.4, 0.5) is 5.69 Å². The fourth-order valence-corrected chi connectivity index (χ4v) is 3.89. The number of para-hydroxylation sites is 1. The van der Waals surface area contributed by atoms with Gasteiger partial charge >= 0.3 is 0 Å². The zero-order chi connectivity index (χ0) is 18.4. The van der Waals surface area contributed by atoms with E-state index in [4.69, 9.17) is 0 Å². The van der Waals surface area contributed by atoms with Crippen molar-refractivity contribution in [1.29, 1.82) is 0 Å². The van der Waals surface area contributed by atoms with Crippen molar-refractivity contribution < 1.29 is 9.59 Å². The number of allylic oxidation sites excluding steroid dienone is 2. The second-order valence-electron chi connectivity index (χ2n) is 7.16. The van der Waals surface area contributed by atoms with E-state index in [2.05, 4.69) is 16.3 Å². The summed E-state index contributed by atoms with van der Waals surface area (Å²) >= 11 is 0. The third kappa shape index (κ3) is 4.73. The van der Waals surface area contributed by atoms with E-state index in [-0.39, 0.29) is 17.7 Å². The van der Waals surface area contributed by atoms with E-state index in [0.717, 1.165) is 50.9 Å². The van der Waals surface area contributed by atoms with Crippen molar-refractivity contribution in [1.82, 2.24) is 9.80 Å². The van der Waals surface area contributed by atoms with E-state index < -0.39 is 0 Å². The molecule has 1 heterocycles. The van der Waals surface area contributed by atoms with Gasteiger partial charge in [0, 0.05) is 24.5 Å². The first-order valence-electron chi connectivity index (χ1n) is 9.75. The Hall–Kier alpha value is -2.14. The summed E-state index contributed by atoms with van der Waals surface area (Å²) in [7, 11) is 0. The largest absolute Gasteiger partial charge is 0.326 e. The average molecular weight is 355 g/mol. The maximum absolute atomic E-state index is 12.7. The molecule has 1 aliphatic carbocycles. The topological polar surface area (TPSA) is 52.7 Å². The van der Waals surface area contributed by atoms with Crippen molar-refractivity contribution in [2.24, 2.45) is 5.92 Å². The monoisotopic (exact) mass is 355 g/mol. The lowest BCUT2D eigenvalue weighted by molar-refractivity contribution is -0.132. The van der Waals surface area contributed by atoms with Crippen molar-refractivity contribution in [2.45, 2.75) is 39.0 Å². The summed E-state index contributed by atoms with van der Waals surface area (Å²) < 4.78 is 0. The van der Waals surface area contributed by atoms with Gasteiger partial charge in [-0.2, -0.15) is 0 Å². The van der Waals surface area contributed by atoms with Gasteiger partial charge in [0.1, 0.15) is 0 Å². The molecule has 1 fully saturated rings. The van der Waals surface area contributed by atoms with Crippen LogP contribution in [0.2, 0.25) is 0 Å². The Morgan fingerprint density at radius 1 is 1.23 bits per heavy atom. The van der Waals surface area contributed by atoms with Crippen molar-refractivity contribution in [3.05, 3.63) is 42.1 Å². The van der Waals surface area contributed by atoms with E-state index in [1.807, 2.05) is 42.2 Å². The first-order valence-corrected chi connectivity index (χ1v) is 9.75. The van der Waals surface area contributed by atoms with Crippen LogP contribution in [0, 0.1) is 5.92 Å². The van der Waals surface area contributed by atoms with E-state index in [9.17, 15) is 9.59 Å². The van der Waals surface area contributed by atoms with Gasteiger partial charge in [-0.25, -0.2) is 0 Å². The zero-order valence-corrected chi connectivity index (χ0v) is 15.6. The normalized spacial score (nSPS) is 20.5. The Morgan fingerprint density at radius 2 is 2.04 bits per heavy atom. The number of carbonyl (C=O) groups excluding carboxylic acids is 2. The molecule has 2 amide bonds. The molecule has 1 atom stereocenters. The fraction of sp³-hybridized carbons (Fsp3) is 0.524. The van der Waals surface area contributed by atoms with Gasteiger partial charge in [-0.1, -0.05) is 24.3 Å². The Bertz CT molecular complexity index is 656. The first-order chi connectivity index (χ1) is 12.7. The lowest BCUT2D eigenvalue weighted by atomic mass is 9.97. The van der Waals surface area contributed by atoms with E-state index in [0.29, 0.717) is 13.1 Å². The second-order valence-corrected chi connectivity index (χ2v) is 7.16. The van der Waals surface area contributed by atoms with Gasteiger partial charge < -0.3 is 10.2 Å². The SMILES string of the molecule is CCN(C(=O)CN1CCCC(C(=O)Nc2ccccc2)C1)C1=CCCC1. The molecule has 5 nitrogen and oxygen atoms in total. The van der Waals surface area contributed by atoms with Crippen LogP contribution < -0.4 is 5.32 Å². The number of rotatable bonds is 6. The quantitative estimate of drug-likeness (QED) is 0.852. The van der Waals surface area contributed by atoms with Gasteiger partial charge in [-0.05, 0) is 57.7 Å². The van der Waals surface area contributed by atoms with Crippen LogP contribution in [-0.4, -0.2) is 47.8 Å². The molecule has 1 unspecified atom stereocenters. The first kappa shape index (κ1) is 18.6. The van der Waals surface area contributed by atoms with E-state index in [1.54, 1.807) is 0 Å². The lowest BCUT2D eigenvalue weighted by Crippen LogP contribution is -2.46. The van der Waals surface area contributed by atoms with Crippen LogP contribution in [0.1, 0.15) is 39.0 Å². The fourth-order valence-electron chi connectivity index (χ4n) is 3.89. The third-order valence-electron chi connectivity index (χ3n) is 5.26. The number of nitrogens with one attached hydrogen (secondary N) is 1. The molecule has 1 saturated heterocycles. The minimum atomic E-state index is -0.0578. The molecule has 26 heavy (non-hydrogen) atoms. The van der Waals surface area contributed by atoms with Gasteiger partial charge in [0.15, 0.2) is 0 Å². The van der Waals surface area contributed by atoms with Gasteiger partial charge in [0.2, 0.25) is 11.8 Å². The van der Waals surface area contributed by atoms with Crippen LogP contribution in [0.15, 0.2) is 42.1 Å². The summed E-state index contributed by atoms with van der Waals surface area (Å²) in [5.74, 6) is 0.154. The number of anilines is 1. The third-order valence-corrected chi connectivity index (χ3v) is 5.26. The predicted octanol–water partition coefficient (Wildman–Crippen LogP) is 3.25. The Balaban J connectivity index is 1.54. The number of hydrogen-bond acceptors (Lipinski definition) is 3. The van der Waals surface area contributed by atoms with Crippen LogP contribution in [0.5, 0.6) is 0 Å². The zero-order valence-electron chi connectivity index (χ0n) is 15.6. The molecule has 0 aromatic heterocycles. The molecule has 5 heteroatoms. The summed E-state index contributed by atoms with van der Waals surface area (Å²) in [6.45, 7) is 4.69. The summed E-state index contributed by atoms with van der Waals surface area (Å²) in [6.07, 6.45) is 7.24. The minimum Gasteiger partial charge on any atom is -0.326 e. The average Bonchev–Trinajstić information content (AvgIpc) is 3.17. The standard InChI is InChI=1S/C21H29N3O2/c1-2-24(19-12-6-7-13-19)20(25)16-23-14-8-9-17(15-23)21(26)22-18-10-4-3-5-11-18/h3-5,10-12,17H,2,6-9,13-16H2,1H3,(H,22,26).